The van der Waals surface area contributed by atoms with Crippen LogP contribution in [0.15, 0.2) is 18.3 Å². The van der Waals surface area contributed by atoms with Crippen LogP contribution in [0.4, 0.5) is 14.5 Å². The summed E-state index contributed by atoms with van der Waals surface area (Å²) in [7, 11) is 0. The van der Waals surface area contributed by atoms with E-state index in [0.717, 1.165) is 28.9 Å². The van der Waals surface area contributed by atoms with Gasteiger partial charge in [-0.1, -0.05) is 0 Å². The average molecular weight is 400 g/mol. The Labute approximate surface area is 167 Å². The predicted octanol–water partition coefficient (Wildman–Crippen LogP) is 3.12. The highest BCUT2D eigenvalue weighted by atomic mass is 19.3. The Balaban J connectivity index is 1.29. The number of rotatable bonds is 3. The van der Waals surface area contributed by atoms with Gasteiger partial charge in [0.2, 0.25) is 5.91 Å². The van der Waals surface area contributed by atoms with E-state index in [4.69, 9.17) is 9.72 Å². The summed E-state index contributed by atoms with van der Waals surface area (Å²) in [6.45, 7) is 5.55. The molecular weight excluding hydrogens is 378 g/mol. The molecule has 6 nitrogen and oxygen atoms in total. The second kappa shape index (κ2) is 7.02. The van der Waals surface area contributed by atoms with Gasteiger partial charge in [-0.25, -0.2) is 8.78 Å². The van der Waals surface area contributed by atoms with E-state index in [1.54, 1.807) is 6.07 Å². The molecule has 2 aromatic rings. The van der Waals surface area contributed by atoms with Crippen molar-refractivity contribution < 1.29 is 18.3 Å². The number of ether oxygens (including phenoxy) is 1. The summed E-state index contributed by atoms with van der Waals surface area (Å²) in [5, 5.41) is 0. The van der Waals surface area contributed by atoms with Gasteiger partial charge < -0.3 is 14.5 Å². The first-order chi connectivity index (χ1) is 14.0. The van der Waals surface area contributed by atoms with Crippen molar-refractivity contribution in [1.82, 2.24) is 14.9 Å². The number of anilines is 1. The Morgan fingerprint density at radius 2 is 2.10 bits per heavy atom. The molecule has 2 aromatic heterocycles. The van der Waals surface area contributed by atoms with Crippen molar-refractivity contribution in [3.05, 3.63) is 52.1 Å². The van der Waals surface area contributed by atoms with E-state index >= 15 is 0 Å². The molecule has 1 atom stereocenters. The van der Waals surface area contributed by atoms with Gasteiger partial charge in [0.15, 0.2) is 0 Å². The average Bonchev–Trinajstić information content (AvgIpc) is 3.47. The van der Waals surface area contributed by atoms with Crippen molar-refractivity contribution >= 4 is 11.6 Å². The lowest BCUT2D eigenvalue weighted by atomic mass is 10.0. The summed E-state index contributed by atoms with van der Waals surface area (Å²) < 4.78 is 31.4. The van der Waals surface area contributed by atoms with Gasteiger partial charge in [-0.05, 0) is 36.6 Å². The zero-order valence-corrected chi connectivity index (χ0v) is 16.2. The molecule has 29 heavy (non-hydrogen) atoms. The maximum atomic E-state index is 13.1. The third kappa shape index (κ3) is 3.15. The van der Waals surface area contributed by atoms with Crippen molar-refractivity contribution in [1.29, 1.82) is 0 Å². The summed E-state index contributed by atoms with van der Waals surface area (Å²) in [5.41, 5.74) is 5.95. The summed E-state index contributed by atoms with van der Waals surface area (Å²) >= 11 is 0. The molecule has 8 heteroatoms. The molecule has 3 aliphatic rings. The van der Waals surface area contributed by atoms with E-state index in [1.807, 2.05) is 9.80 Å². The summed E-state index contributed by atoms with van der Waals surface area (Å²) in [5.74, 6) is -0.0209. The van der Waals surface area contributed by atoms with E-state index in [1.165, 1.54) is 17.8 Å². The molecule has 3 aliphatic heterocycles. The predicted molar refractivity (Wildman–Crippen MR) is 101 cm³/mol. The second-order valence-corrected chi connectivity index (χ2v) is 7.95. The molecule has 0 N–H and O–H groups in total. The number of carbonyl (C=O) groups is 1. The maximum absolute atomic E-state index is 13.1. The fourth-order valence-electron chi connectivity index (χ4n) is 4.60. The number of amides is 1. The summed E-state index contributed by atoms with van der Waals surface area (Å²) in [6, 6.07) is 3.14. The van der Waals surface area contributed by atoms with Crippen LogP contribution in [0.1, 0.15) is 46.6 Å². The second-order valence-electron chi connectivity index (χ2n) is 7.95. The van der Waals surface area contributed by atoms with E-state index < -0.39 is 6.43 Å². The lowest BCUT2D eigenvalue weighted by molar-refractivity contribution is -0.135. The van der Waals surface area contributed by atoms with Gasteiger partial charge in [-0.3, -0.25) is 14.8 Å². The van der Waals surface area contributed by atoms with E-state index in [0.29, 0.717) is 45.1 Å². The van der Waals surface area contributed by atoms with Crippen LogP contribution in [-0.2, 0) is 35.8 Å². The van der Waals surface area contributed by atoms with E-state index in [2.05, 4.69) is 11.9 Å². The molecule has 1 saturated heterocycles. The van der Waals surface area contributed by atoms with Crippen LogP contribution in [0.2, 0.25) is 0 Å². The van der Waals surface area contributed by atoms with Gasteiger partial charge >= 0.3 is 0 Å². The number of aromatic nitrogens is 2. The fraction of sp³-hybridized carbons (Fsp3) is 0.476. The van der Waals surface area contributed by atoms with Crippen molar-refractivity contribution in [3.8, 4) is 0 Å². The molecule has 1 fully saturated rings. The zero-order valence-electron chi connectivity index (χ0n) is 16.2. The number of alkyl halides is 2. The lowest BCUT2D eigenvalue weighted by Crippen LogP contribution is -2.34. The van der Waals surface area contributed by atoms with Crippen LogP contribution < -0.4 is 4.90 Å². The first kappa shape index (κ1) is 18.4. The molecule has 5 rings (SSSR count). The summed E-state index contributed by atoms with van der Waals surface area (Å²) in [4.78, 5) is 25.5. The minimum atomic E-state index is -2.60. The first-order valence-corrected chi connectivity index (χ1v) is 9.87. The van der Waals surface area contributed by atoms with E-state index in [-0.39, 0.29) is 17.5 Å². The SMILES string of the molecule is Cc1c2c(nc3c1CN(C(=O)[C@@H]1CCN(c4ccnc(C(F)F)c4)C1)C3)COC2. The van der Waals surface area contributed by atoms with Gasteiger partial charge in [0.1, 0.15) is 5.69 Å². The number of pyridine rings is 2. The van der Waals surface area contributed by atoms with Gasteiger partial charge in [0, 0.05) is 37.1 Å². The number of halogens is 2. The first-order valence-electron chi connectivity index (χ1n) is 9.87. The smallest absolute Gasteiger partial charge is 0.280 e. The Kier molecular flexibility index (Phi) is 4.46. The molecule has 0 spiro atoms. The van der Waals surface area contributed by atoms with Crippen molar-refractivity contribution in [2.24, 2.45) is 5.92 Å². The van der Waals surface area contributed by atoms with Gasteiger partial charge in [0.05, 0.1) is 37.1 Å². The zero-order chi connectivity index (χ0) is 20.1. The number of hydrogen-bond acceptors (Lipinski definition) is 5. The third-order valence-corrected chi connectivity index (χ3v) is 6.25. The summed E-state index contributed by atoms with van der Waals surface area (Å²) in [6.07, 6.45) is -0.476. The van der Waals surface area contributed by atoms with Crippen LogP contribution in [0.25, 0.3) is 0 Å². The van der Waals surface area contributed by atoms with Crippen molar-refractivity contribution in [2.75, 3.05) is 18.0 Å². The Bertz CT molecular complexity index is 981. The third-order valence-electron chi connectivity index (χ3n) is 6.25. The van der Waals surface area contributed by atoms with Crippen LogP contribution in [-0.4, -0.2) is 33.9 Å². The van der Waals surface area contributed by atoms with Crippen LogP contribution in [0.5, 0.6) is 0 Å². The Morgan fingerprint density at radius 1 is 1.24 bits per heavy atom. The molecule has 1 amide bonds. The lowest BCUT2D eigenvalue weighted by Gasteiger charge is -2.22. The Morgan fingerprint density at radius 3 is 2.93 bits per heavy atom. The molecule has 0 saturated carbocycles. The number of carbonyl (C=O) groups excluding carboxylic acids is 1. The largest absolute Gasteiger partial charge is 0.371 e. The molecule has 0 radical (unpaired) electrons. The normalized spacial score (nSPS) is 20.5. The van der Waals surface area contributed by atoms with Crippen LogP contribution >= 0.6 is 0 Å². The maximum Gasteiger partial charge on any atom is 0.280 e. The fourth-order valence-corrected chi connectivity index (χ4v) is 4.60. The Hall–Kier alpha value is -2.61. The monoisotopic (exact) mass is 400 g/mol. The standard InChI is InChI=1S/C21H22F2N4O2/c1-12-15-8-27(9-18(15)25-19-11-29-10-16(12)19)21(28)13-3-5-26(7-13)14-2-4-24-17(6-14)20(22)23/h2,4,6,13,20H,3,5,7-11H2,1H3/t13-/m1/s1. The highest BCUT2D eigenvalue weighted by molar-refractivity contribution is 5.81. The van der Waals surface area contributed by atoms with Gasteiger partial charge in [0.25, 0.3) is 6.43 Å². The van der Waals surface area contributed by atoms with Gasteiger partial charge in [-0.2, -0.15) is 0 Å². The van der Waals surface area contributed by atoms with E-state index in [9.17, 15) is 13.6 Å². The number of fused-ring (bicyclic) bond motifs is 2. The molecule has 5 heterocycles. The molecule has 0 aromatic carbocycles. The topological polar surface area (TPSA) is 58.6 Å². The number of hydrogen-bond donors (Lipinski definition) is 0. The highest BCUT2D eigenvalue weighted by Crippen LogP contribution is 2.34. The van der Waals surface area contributed by atoms with Crippen LogP contribution in [0, 0.1) is 12.8 Å². The van der Waals surface area contributed by atoms with Crippen LogP contribution in [0.3, 0.4) is 0 Å². The molecule has 0 unspecified atom stereocenters. The quantitative estimate of drug-likeness (QED) is 0.792. The van der Waals surface area contributed by atoms with Gasteiger partial charge in [-0.15, -0.1) is 0 Å². The van der Waals surface area contributed by atoms with Crippen molar-refractivity contribution in [3.63, 3.8) is 0 Å². The molecular formula is C21H22F2N4O2. The molecule has 0 bridgehead atoms. The minimum absolute atomic E-state index is 0.115. The molecule has 0 aliphatic carbocycles. The van der Waals surface area contributed by atoms with Crippen molar-refractivity contribution in [2.45, 2.75) is 46.1 Å². The highest BCUT2D eigenvalue weighted by Gasteiger charge is 2.36. The minimum Gasteiger partial charge on any atom is -0.371 e. The number of nitrogens with zero attached hydrogens (tertiary/aromatic N) is 4. The molecule has 152 valence electrons.